The molecule has 0 radical (unpaired) electrons. The van der Waals surface area contributed by atoms with E-state index in [1.54, 1.807) is 38.7 Å². The van der Waals surface area contributed by atoms with Gasteiger partial charge in [-0.05, 0) is 52.7 Å². The first-order valence-electron chi connectivity index (χ1n) is 11.6. The number of aromatic nitrogens is 1. The summed E-state index contributed by atoms with van der Waals surface area (Å²) in [5.41, 5.74) is -1.94. The summed E-state index contributed by atoms with van der Waals surface area (Å²) >= 11 is 0. The van der Waals surface area contributed by atoms with Gasteiger partial charge in [-0.2, -0.15) is 0 Å². The molecule has 1 aromatic carbocycles. The first-order valence-corrected chi connectivity index (χ1v) is 11.6. The van der Waals surface area contributed by atoms with Crippen molar-refractivity contribution in [3.8, 4) is 0 Å². The van der Waals surface area contributed by atoms with Crippen LogP contribution in [0.3, 0.4) is 0 Å². The van der Waals surface area contributed by atoms with Gasteiger partial charge in [0, 0.05) is 12.1 Å². The fourth-order valence-corrected chi connectivity index (χ4v) is 5.71. The minimum atomic E-state index is -1.65. The molecule has 0 bridgehead atoms. The highest BCUT2D eigenvalue weighted by molar-refractivity contribution is 6.22. The van der Waals surface area contributed by atoms with Gasteiger partial charge in [0.15, 0.2) is 17.3 Å². The number of benzene rings is 1. The van der Waals surface area contributed by atoms with Crippen LogP contribution in [-0.2, 0) is 25.5 Å². The van der Waals surface area contributed by atoms with Crippen LogP contribution < -0.4 is 15.5 Å². The average molecular weight is 487 g/mol. The molecular weight excluding hydrogens is 459 g/mol. The lowest BCUT2D eigenvalue weighted by Gasteiger charge is -2.55. The van der Waals surface area contributed by atoms with Gasteiger partial charge in [0.25, 0.3) is 5.91 Å². The molecule has 3 aliphatic rings. The topological polar surface area (TPSA) is 131 Å². The maximum Gasteiger partial charge on any atom is 0.274 e. The Morgan fingerprint density at radius 1 is 1.29 bits per heavy atom. The van der Waals surface area contributed by atoms with Gasteiger partial charge < -0.3 is 19.5 Å². The Morgan fingerprint density at radius 2 is 2.00 bits per heavy atom. The van der Waals surface area contributed by atoms with Gasteiger partial charge in [-0.25, -0.2) is 4.39 Å². The second-order valence-electron chi connectivity index (χ2n) is 10.7. The Morgan fingerprint density at radius 3 is 2.66 bits per heavy atom. The van der Waals surface area contributed by atoms with E-state index in [4.69, 9.17) is 9.26 Å². The van der Waals surface area contributed by atoms with Crippen molar-refractivity contribution in [3.63, 3.8) is 0 Å². The van der Waals surface area contributed by atoms with Crippen molar-refractivity contribution in [3.05, 3.63) is 23.1 Å². The van der Waals surface area contributed by atoms with E-state index < -0.39 is 58.8 Å². The summed E-state index contributed by atoms with van der Waals surface area (Å²) in [5.74, 6) is -3.18. The monoisotopic (exact) mass is 486 g/mol. The van der Waals surface area contributed by atoms with E-state index in [0.717, 1.165) is 0 Å². The molecule has 0 saturated carbocycles. The van der Waals surface area contributed by atoms with Gasteiger partial charge in [0.05, 0.1) is 35.7 Å². The van der Waals surface area contributed by atoms with E-state index in [9.17, 15) is 19.2 Å². The largest absolute Gasteiger partial charge is 0.372 e. The van der Waals surface area contributed by atoms with Crippen molar-refractivity contribution in [1.82, 2.24) is 15.8 Å². The molecule has 186 valence electrons. The number of carbonyl (C=O) groups excluding carboxylic acids is 4. The Balaban J connectivity index is 1.72. The number of piperidine rings is 1. The van der Waals surface area contributed by atoms with Crippen LogP contribution in [0.15, 0.2) is 10.6 Å². The fraction of sp³-hybridized carbons (Fsp3) is 0.542. The van der Waals surface area contributed by atoms with Crippen LogP contribution in [-0.4, -0.2) is 59.0 Å². The molecule has 4 heterocycles. The molecule has 3 aliphatic heterocycles. The normalized spacial score (nSPS) is 28.7. The molecule has 1 spiro atoms. The minimum absolute atomic E-state index is 0.0916. The number of nitrogens with one attached hydrogen (secondary N) is 2. The number of hydrogen-bond donors (Lipinski definition) is 2. The number of rotatable bonds is 1. The zero-order chi connectivity index (χ0) is 25.4. The summed E-state index contributed by atoms with van der Waals surface area (Å²) in [5, 5.41) is 9.05. The molecule has 1 aromatic heterocycles. The van der Waals surface area contributed by atoms with Gasteiger partial charge in [-0.15, -0.1) is 0 Å². The van der Waals surface area contributed by atoms with Crippen LogP contribution >= 0.6 is 0 Å². The number of morpholine rings is 1. The molecule has 2 saturated heterocycles. The number of carbonyl (C=O) groups is 4. The maximum atomic E-state index is 16.0. The summed E-state index contributed by atoms with van der Waals surface area (Å²) in [6.45, 7) is 9.17. The van der Waals surface area contributed by atoms with E-state index in [1.807, 2.05) is 6.92 Å². The van der Waals surface area contributed by atoms with Crippen molar-refractivity contribution in [2.75, 3.05) is 11.4 Å². The molecular formula is C24H27FN4O6. The second kappa shape index (κ2) is 7.58. The standard InChI is InChI=1S/C24H27FN4O6/c1-10-9-29-18-12(6-13-17(21(32)27-23(3,4)5)28-35-19(13)16(18)25)8-24(20(29)11(2)34-10)14(30)7-15(31)26-22(24)33/h6,10-11,20H,7-9H2,1-5H3,(H,27,32)(H,26,31,33)/t10-,11+,20-,24?/m1/s1. The van der Waals surface area contributed by atoms with Crippen molar-refractivity contribution >= 4 is 40.2 Å². The number of imide groups is 1. The lowest BCUT2D eigenvalue weighted by molar-refractivity contribution is -0.158. The highest BCUT2D eigenvalue weighted by Gasteiger charge is 2.62. The van der Waals surface area contributed by atoms with Gasteiger partial charge in [0.2, 0.25) is 17.4 Å². The van der Waals surface area contributed by atoms with Crippen LogP contribution in [0.25, 0.3) is 11.0 Å². The van der Waals surface area contributed by atoms with E-state index in [2.05, 4.69) is 15.8 Å². The lowest BCUT2D eigenvalue weighted by Crippen LogP contribution is -2.72. The lowest BCUT2D eigenvalue weighted by atomic mass is 9.63. The van der Waals surface area contributed by atoms with Crippen LogP contribution in [0, 0.1) is 11.2 Å². The van der Waals surface area contributed by atoms with Gasteiger partial charge in [-0.1, -0.05) is 5.16 Å². The maximum absolute atomic E-state index is 16.0. The predicted octanol–water partition coefficient (Wildman–Crippen LogP) is 1.64. The Hall–Kier alpha value is -3.34. The van der Waals surface area contributed by atoms with Crippen molar-refractivity contribution in [2.45, 2.75) is 71.2 Å². The number of amides is 3. The molecule has 4 atom stereocenters. The molecule has 10 nitrogen and oxygen atoms in total. The third-order valence-corrected chi connectivity index (χ3v) is 6.88. The Kier molecular flexibility index (Phi) is 5.07. The van der Waals surface area contributed by atoms with Crippen LogP contribution in [0.1, 0.15) is 57.1 Å². The summed E-state index contributed by atoms with van der Waals surface area (Å²) in [7, 11) is 0. The van der Waals surface area contributed by atoms with Gasteiger partial charge in [0.1, 0.15) is 5.41 Å². The third-order valence-electron chi connectivity index (χ3n) is 6.88. The minimum Gasteiger partial charge on any atom is -0.372 e. The number of fused-ring (bicyclic) bond motifs is 5. The molecule has 35 heavy (non-hydrogen) atoms. The number of halogens is 1. The molecule has 2 N–H and O–H groups in total. The zero-order valence-electron chi connectivity index (χ0n) is 20.2. The number of ketones is 1. The Labute approximate surface area is 200 Å². The van der Waals surface area contributed by atoms with E-state index in [0.29, 0.717) is 5.56 Å². The van der Waals surface area contributed by atoms with Crippen molar-refractivity contribution in [1.29, 1.82) is 0 Å². The Bertz CT molecular complexity index is 1280. The second-order valence-corrected chi connectivity index (χ2v) is 10.7. The zero-order valence-corrected chi connectivity index (χ0v) is 20.2. The van der Waals surface area contributed by atoms with E-state index in [-0.39, 0.29) is 41.4 Å². The number of Topliss-reactive ketones (excluding diaryl/α,β-unsaturated/α-hetero) is 1. The van der Waals surface area contributed by atoms with Gasteiger partial charge >= 0.3 is 0 Å². The molecule has 0 aliphatic carbocycles. The average Bonchev–Trinajstić information content (AvgIpc) is 3.14. The quantitative estimate of drug-likeness (QED) is 0.460. The van der Waals surface area contributed by atoms with Crippen LogP contribution in [0.5, 0.6) is 0 Å². The summed E-state index contributed by atoms with van der Waals surface area (Å²) in [6, 6.07) is 0.729. The number of ether oxygens (including phenoxy) is 1. The number of nitrogens with zero attached hydrogens (tertiary/aromatic N) is 2. The summed E-state index contributed by atoms with van der Waals surface area (Å²) < 4.78 is 27.2. The van der Waals surface area contributed by atoms with Gasteiger partial charge in [-0.3, -0.25) is 24.5 Å². The fourth-order valence-electron chi connectivity index (χ4n) is 5.71. The molecule has 2 fully saturated rings. The first-order chi connectivity index (χ1) is 16.3. The van der Waals surface area contributed by atoms with Crippen LogP contribution in [0.4, 0.5) is 10.1 Å². The number of anilines is 1. The van der Waals surface area contributed by atoms with E-state index in [1.165, 1.54) is 0 Å². The van der Waals surface area contributed by atoms with E-state index >= 15 is 4.39 Å². The third kappa shape index (κ3) is 3.43. The van der Waals surface area contributed by atoms with Crippen molar-refractivity contribution < 1.29 is 32.8 Å². The van der Waals surface area contributed by atoms with Crippen LogP contribution in [0.2, 0.25) is 0 Å². The molecule has 11 heteroatoms. The smallest absolute Gasteiger partial charge is 0.274 e. The highest BCUT2D eigenvalue weighted by Crippen LogP contribution is 2.50. The molecule has 3 amide bonds. The molecule has 5 rings (SSSR count). The highest BCUT2D eigenvalue weighted by atomic mass is 19.1. The SMILES string of the molecule is C[C@@H]1CN2c3c(cc4c(C(=O)NC(C)(C)C)noc4c3F)CC3(C(=O)CC(=O)NC3=O)[C@H]2[C@H](C)O1. The van der Waals surface area contributed by atoms with Crippen molar-refractivity contribution in [2.24, 2.45) is 5.41 Å². The summed E-state index contributed by atoms with van der Waals surface area (Å²) in [4.78, 5) is 53.1. The molecule has 2 aromatic rings. The molecule has 1 unspecified atom stereocenters. The number of hydrogen-bond acceptors (Lipinski definition) is 8. The predicted molar refractivity (Wildman–Crippen MR) is 121 cm³/mol. The first kappa shape index (κ1) is 23.4. The summed E-state index contributed by atoms with van der Waals surface area (Å²) in [6.07, 6.45) is -1.52.